The molecule has 1 aromatic heterocycles. The van der Waals surface area contributed by atoms with Crippen molar-refractivity contribution in [1.82, 2.24) is 14.9 Å². The van der Waals surface area contributed by atoms with Gasteiger partial charge in [0.1, 0.15) is 12.1 Å². The number of hydrogen-bond acceptors (Lipinski definition) is 7. The molecule has 1 aromatic carbocycles. The van der Waals surface area contributed by atoms with E-state index in [0.29, 0.717) is 18.1 Å². The van der Waals surface area contributed by atoms with E-state index in [1.165, 1.54) is 0 Å². The maximum Gasteiger partial charge on any atom is 0.162 e. The molecule has 2 heterocycles. The minimum atomic E-state index is 0.612. The monoisotopic (exact) mass is 484 g/mol. The molecule has 7 heteroatoms. The molecule has 0 spiro atoms. The molecule has 3 rings (SSSR count). The Labute approximate surface area is 211 Å². The normalized spacial score (nSPS) is 14.3. The highest BCUT2D eigenvalue weighted by atomic mass is 16.5. The third-order valence-electron chi connectivity index (χ3n) is 4.98. The largest absolute Gasteiger partial charge is 0.493 e. The average Bonchev–Trinajstić information content (AvgIpc) is 2.92. The molecule has 2 aromatic rings. The van der Waals surface area contributed by atoms with E-state index in [9.17, 15) is 0 Å². The van der Waals surface area contributed by atoms with Crippen LogP contribution in [-0.2, 0) is 4.74 Å². The van der Waals surface area contributed by atoms with Crippen LogP contribution in [-0.4, -0.2) is 61.4 Å². The molecule has 1 aliphatic rings. The Morgan fingerprint density at radius 2 is 1.80 bits per heavy atom. The van der Waals surface area contributed by atoms with Gasteiger partial charge in [0.15, 0.2) is 11.5 Å². The molecule has 0 saturated carbocycles. The topological polar surface area (TPSA) is 68.7 Å². The van der Waals surface area contributed by atoms with Gasteiger partial charge in [-0.1, -0.05) is 45.9 Å². The second-order valence-electron chi connectivity index (χ2n) is 7.17. The molecule has 0 amide bonds. The quantitative estimate of drug-likeness (QED) is 0.316. The van der Waals surface area contributed by atoms with E-state index in [1.54, 1.807) is 13.4 Å². The number of anilines is 1. The number of allylic oxidation sites excluding steroid dienone is 5. The molecular weight excluding hydrogens is 440 g/mol. The summed E-state index contributed by atoms with van der Waals surface area (Å²) < 4.78 is 17.0. The Morgan fingerprint density at radius 1 is 1.06 bits per heavy atom. The standard InChI is InChI=1S/C24H32N4O3.2C2H6/c1-4-6-9-19(8-5-2)27-24-20-16-23(22(29-3)17-21(20)25-18-26-24)31-13-7-10-28-11-14-30-15-12-28;2*1-2/h4-6,8-9,16-18H,7,10-15H2,1-3H3,(H,25,26,27);2*1-2H3/b6-4-,8-5-,19-9+;;. The van der Waals surface area contributed by atoms with Gasteiger partial charge in [-0.15, -0.1) is 0 Å². The average molecular weight is 485 g/mol. The van der Waals surface area contributed by atoms with E-state index in [4.69, 9.17) is 14.2 Å². The Bertz CT molecular complexity index is 935. The molecule has 7 nitrogen and oxygen atoms in total. The predicted octanol–water partition coefficient (Wildman–Crippen LogP) is 6.24. The summed E-state index contributed by atoms with van der Waals surface area (Å²) in [5.74, 6) is 2.08. The highest BCUT2D eigenvalue weighted by Gasteiger charge is 2.13. The highest BCUT2D eigenvalue weighted by molar-refractivity contribution is 5.92. The molecule has 1 N–H and O–H groups in total. The number of methoxy groups -OCH3 is 1. The van der Waals surface area contributed by atoms with Gasteiger partial charge >= 0.3 is 0 Å². The molecule has 1 saturated heterocycles. The maximum absolute atomic E-state index is 6.09. The Hall–Kier alpha value is -2.90. The van der Waals surface area contributed by atoms with Crippen LogP contribution in [0.2, 0.25) is 0 Å². The fourth-order valence-corrected chi connectivity index (χ4v) is 3.39. The molecule has 0 aliphatic carbocycles. The molecule has 194 valence electrons. The van der Waals surface area contributed by atoms with Gasteiger partial charge in [0, 0.05) is 36.8 Å². The van der Waals surface area contributed by atoms with Crippen molar-refractivity contribution in [3.8, 4) is 11.5 Å². The lowest BCUT2D eigenvalue weighted by Crippen LogP contribution is -2.37. The Morgan fingerprint density at radius 3 is 2.46 bits per heavy atom. The molecule has 1 aliphatic heterocycles. The predicted molar refractivity (Wildman–Crippen MR) is 147 cm³/mol. The van der Waals surface area contributed by atoms with E-state index in [0.717, 1.165) is 61.7 Å². The number of morpholine rings is 1. The summed E-state index contributed by atoms with van der Waals surface area (Å²) in [5, 5.41) is 4.27. The SMILES string of the molecule is CC.CC.C\C=C/C=C(\C=C/C)Nc1ncnc2cc(OC)c(OCCCN3CCOCC3)cc12. The first-order chi connectivity index (χ1) is 17.2. The summed E-state index contributed by atoms with van der Waals surface area (Å²) in [6.07, 6.45) is 12.4. The number of ether oxygens (including phenoxy) is 3. The van der Waals surface area contributed by atoms with Crippen LogP contribution in [0, 0.1) is 0 Å². The van der Waals surface area contributed by atoms with E-state index in [-0.39, 0.29) is 0 Å². The zero-order valence-corrected chi connectivity index (χ0v) is 22.6. The fraction of sp³-hybridized carbons (Fsp3) is 0.500. The van der Waals surface area contributed by atoms with E-state index in [1.807, 2.05) is 84.1 Å². The van der Waals surface area contributed by atoms with Crippen molar-refractivity contribution >= 4 is 16.7 Å². The molecule has 0 radical (unpaired) electrons. The summed E-state index contributed by atoms with van der Waals surface area (Å²) in [4.78, 5) is 11.3. The highest BCUT2D eigenvalue weighted by Crippen LogP contribution is 2.34. The number of nitrogens with one attached hydrogen (secondary N) is 1. The van der Waals surface area contributed by atoms with Crippen molar-refractivity contribution in [2.24, 2.45) is 0 Å². The third-order valence-corrected chi connectivity index (χ3v) is 4.98. The van der Waals surface area contributed by atoms with E-state index in [2.05, 4.69) is 20.2 Å². The molecule has 0 unspecified atom stereocenters. The Kier molecular flexibility index (Phi) is 15.9. The summed E-state index contributed by atoms with van der Waals surface area (Å²) in [6, 6.07) is 3.85. The van der Waals surface area contributed by atoms with E-state index < -0.39 is 0 Å². The molecule has 35 heavy (non-hydrogen) atoms. The number of nitrogens with zero attached hydrogens (tertiary/aromatic N) is 3. The van der Waals surface area contributed by atoms with Crippen molar-refractivity contribution in [2.45, 2.75) is 48.0 Å². The van der Waals surface area contributed by atoms with Gasteiger partial charge in [0.2, 0.25) is 0 Å². The van der Waals surface area contributed by atoms with Crippen LogP contribution >= 0.6 is 0 Å². The van der Waals surface area contributed by atoms with Crippen LogP contribution in [0.4, 0.5) is 5.82 Å². The number of rotatable bonds is 10. The van der Waals surface area contributed by atoms with Gasteiger partial charge in [-0.3, -0.25) is 4.90 Å². The summed E-state index contributed by atoms with van der Waals surface area (Å²) in [7, 11) is 1.64. The van der Waals surface area contributed by atoms with Gasteiger partial charge in [-0.05, 0) is 38.5 Å². The van der Waals surface area contributed by atoms with Crippen molar-refractivity contribution in [2.75, 3.05) is 51.9 Å². The van der Waals surface area contributed by atoms with Crippen molar-refractivity contribution in [3.05, 3.63) is 54.5 Å². The molecule has 0 atom stereocenters. The first-order valence-electron chi connectivity index (χ1n) is 12.7. The number of hydrogen-bond donors (Lipinski definition) is 1. The fourth-order valence-electron chi connectivity index (χ4n) is 3.39. The van der Waals surface area contributed by atoms with Gasteiger partial charge in [-0.25, -0.2) is 9.97 Å². The molecule has 0 bridgehead atoms. The number of benzene rings is 1. The lowest BCUT2D eigenvalue weighted by Gasteiger charge is -2.26. The van der Waals surface area contributed by atoms with Gasteiger partial charge in [-0.2, -0.15) is 0 Å². The maximum atomic E-state index is 6.09. The summed E-state index contributed by atoms with van der Waals surface area (Å²) in [6.45, 7) is 17.2. The van der Waals surface area contributed by atoms with E-state index >= 15 is 0 Å². The molecule has 1 fully saturated rings. The third kappa shape index (κ3) is 10.1. The zero-order chi connectivity index (χ0) is 25.9. The first kappa shape index (κ1) is 30.1. The zero-order valence-electron chi connectivity index (χ0n) is 22.6. The second kappa shape index (κ2) is 18.4. The number of aromatic nitrogens is 2. The van der Waals surface area contributed by atoms with Crippen molar-refractivity contribution in [1.29, 1.82) is 0 Å². The van der Waals surface area contributed by atoms with Crippen LogP contribution in [0.5, 0.6) is 11.5 Å². The van der Waals surface area contributed by atoms with Crippen LogP contribution in [0.1, 0.15) is 48.0 Å². The van der Waals surface area contributed by atoms with Crippen LogP contribution < -0.4 is 14.8 Å². The van der Waals surface area contributed by atoms with Crippen molar-refractivity contribution < 1.29 is 14.2 Å². The first-order valence-corrected chi connectivity index (χ1v) is 12.7. The summed E-state index contributed by atoms with van der Waals surface area (Å²) >= 11 is 0. The number of fused-ring (bicyclic) bond motifs is 1. The van der Waals surface area contributed by atoms with Gasteiger partial charge < -0.3 is 19.5 Å². The summed E-state index contributed by atoms with van der Waals surface area (Å²) in [5.41, 5.74) is 1.73. The smallest absolute Gasteiger partial charge is 0.162 e. The van der Waals surface area contributed by atoms with Gasteiger partial charge in [0.05, 0.1) is 32.4 Å². The Balaban J connectivity index is 0.00000145. The minimum Gasteiger partial charge on any atom is -0.493 e. The minimum absolute atomic E-state index is 0.612. The lowest BCUT2D eigenvalue weighted by molar-refractivity contribution is 0.0357. The van der Waals surface area contributed by atoms with Crippen LogP contribution in [0.15, 0.2) is 54.5 Å². The van der Waals surface area contributed by atoms with Crippen LogP contribution in [0.25, 0.3) is 10.9 Å². The van der Waals surface area contributed by atoms with Gasteiger partial charge in [0.25, 0.3) is 0 Å². The second-order valence-corrected chi connectivity index (χ2v) is 7.17. The lowest BCUT2D eigenvalue weighted by atomic mass is 10.2. The van der Waals surface area contributed by atoms with Crippen molar-refractivity contribution in [3.63, 3.8) is 0 Å². The molecular formula is C28H44N4O3. The van der Waals surface area contributed by atoms with Crippen LogP contribution in [0.3, 0.4) is 0 Å².